The van der Waals surface area contributed by atoms with E-state index in [1.54, 1.807) is 32.7 Å². The molecule has 0 saturated carbocycles. The second kappa shape index (κ2) is 8.38. The fourth-order valence-corrected chi connectivity index (χ4v) is 2.23. The Morgan fingerprint density at radius 1 is 1.22 bits per heavy atom. The standard InChI is InChI=1S/C16H20N4O2S/c1-5-17-15-11(10-19-16(20-15)23-4)9-18-12-6-13(21-2)8-14(7-12)22-3/h6-10H,5H2,1-4H3,(H,17,19,20)/b18-9+. The molecule has 0 atom stereocenters. The largest absolute Gasteiger partial charge is 0.497 e. The van der Waals surface area contributed by atoms with Gasteiger partial charge in [-0.3, -0.25) is 4.99 Å². The van der Waals surface area contributed by atoms with E-state index >= 15 is 0 Å². The summed E-state index contributed by atoms with van der Waals surface area (Å²) in [7, 11) is 3.22. The monoisotopic (exact) mass is 332 g/mol. The average molecular weight is 332 g/mol. The Morgan fingerprint density at radius 2 is 1.91 bits per heavy atom. The van der Waals surface area contributed by atoms with Crippen molar-refractivity contribution in [2.24, 2.45) is 4.99 Å². The zero-order chi connectivity index (χ0) is 16.7. The summed E-state index contributed by atoms with van der Waals surface area (Å²) in [6.07, 6.45) is 5.44. The highest BCUT2D eigenvalue weighted by atomic mass is 32.2. The predicted octanol–water partition coefficient (Wildman–Crippen LogP) is 3.40. The van der Waals surface area contributed by atoms with Gasteiger partial charge in [-0.15, -0.1) is 0 Å². The highest BCUT2D eigenvalue weighted by molar-refractivity contribution is 7.98. The first kappa shape index (κ1) is 17.1. The van der Waals surface area contributed by atoms with Crippen molar-refractivity contribution in [3.63, 3.8) is 0 Å². The second-order valence-electron chi connectivity index (χ2n) is 4.52. The molecule has 0 saturated heterocycles. The molecule has 2 aromatic rings. The molecule has 122 valence electrons. The summed E-state index contributed by atoms with van der Waals surface area (Å²) in [6, 6.07) is 5.48. The lowest BCUT2D eigenvalue weighted by Gasteiger charge is -2.08. The number of thioether (sulfide) groups is 1. The third-order valence-electron chi connectivity index (χ3n) is 3.01. The van der Waals surface area contributed by atoms with Crippen molar-refractivity contribution >= 4 is 29.5 Å². The zero-order valence-electron chi connectivity index (χ0n) is 13.7. The third kappa shape index (κ3) is 4.59. The van der Waals surface area contributed by atoms with Crippen LogP contribution in [-0.4, -0.2) is 43.2 Å². The van der Waals surface area contributed by atoms with Crippen LogP contribution in [0.2, 0.25) is 0 Å². The van der Waals surface area contributed by atoms with Crippen LogP contribution in [0.4, 0.5) is 11.5 Å². The number of nitrogens with zero attached hydrogens (tertiary/aromatic N) is 3. The number of anilines is 1. The number of rotatable bonds is 7. The van der Waals surface area contributed by atoms with Gasteiger partial charge >= 0.3 is 0 Å². The van der Waals surface area contributed by atoms with Gasteiger partial charge in [-0.1, -0.05) is 11.8 Å². The van der Waals surface area contributed by atoms with Gasteiger partial charge in [-0.2, -0.15) is 0 Å². The van der Waals surface area contributed by atoms with Gasteiger partial charge in [0.1, 0.15) is 17.3 Å². The maximum atomic E-state index is 5.25. The minimum Gasteiger partial charge on any atom is -0.497 e. The lowest BCUT2D eigenvalue weighted by molar-refractivity contribution is 0.394. The van der Waals surface area contributed by atoms with Crippen molar-refractivity contribution in [1.82, 2.24) is 9.97 Å². The SMILES string of the molecule is CCNc1nc(SC)ncc1/C=N/c1cc(OC)cc(OC)c1. The summed E-state index contributed by atoms with van der Waals surface area (Å²) in [5.74, 6) is 2.15. The van der Waals surface area contributed by atoms with Crippen molar-refractivity contribution in [1.29, 1.82) is 0 Å². The number of nitrogens with one attached hydrogen (secondary N) is 1. The average Bonchev–Trinajstić information content (AvgIpc) is 2.60. The molecule has 7 heteroatoms. The van der Waals surface area contributed by atoms with E-state index in [2.05, 4.69) is 20.3 Å². The normalized spacial score (nSPS) is 10.8. The van der Waals surface area contributed by atoms with Crippen LogP contribution in [0.1, 0.15) is 12.5 Å². The summed E-state index contributed by atoms with van der Waals surface area (Å²) in [4.78, 5) is 13.2. The molecule has 0 fully saturated rings. The number of aliphatic imine (C=N–C) groups is 1. The van der Waals surface area contributed by atoms with Gasteiger partial charge in [0.05, 0.1) is 25.5 Å². The number of methoxy groups -OCH3 is 2. The predicted molar refractivity (Wildman–Crippen MR) is 94.8 cm³/mol. The van der Waals surface area contributed by atoms with Crippen LogP contribution in [0.25, 0.3) is 0 Å². The van der Waals surface area contributed by atoms with Gasteiger partial charge in [-0.25, -0.2) is 9.97 Å². The van der Waals surface area contributed by atoms with Crippen molar-refractivity contribution in [3.8, 4) is 11.5 Å². The lowest BCUT2D eigenvalue weighted by atomic mass is 10.2. The summed E-state index contributed by atoms with van der Waals surface area (Å²) < 4.78 is 10.5. The molecule has 0 aliphatic rings. The van der Waals surface area contributed by atoms with Crippen LogP contribution in [0.5, 0.6) is 11.5 Å². The maximum Gasteiger partial charge on any atom is 0.189 e. The Hall–Kier alpha value is -2.28. The van der Waals surface area contributed by atoms with Gasteiger partial charge < -0.3 is 14.8 Å². The Kier molecular flexibility index (Phi) is 6.22. The van der Waals surface area contributed by atoms with Crippen molar-refractivity contribution in [2.75, 3.05) is 32.3 Å². The number of hydrogen-bond acceptors (Lipinski definition) is 7. The van der Waals surface area contributed by atoms with Crippen LogP contribution >= 0.6 is 11.8 Å². The molecule has 1 heterocycles. The zero-order valence-corrected chi connectivity index (χ0v) is 14.5. The van der Waals surface area contributed by atoms with Gasteiger partial charge in [0.15, 0.2) is 5.16 Å². The minimum absolute atomic E-state index is 0.692. The lowest BCUT2D eigenvalue weighted by Crippen LogP contribution is -2.05. The Morgan fingerprint density at radius 3 is 2.48 bits per heavy atom. The second-order valence-corrected chi connectivity index (χ2v) is 5.29. The molecule has 0 aliphatic heterocycles. The molecular formula is C16H20N4O2S. The van der Waals surface area contributed by atoms with Crippen LogP contribution in [0.3, 0.4) is 0 Å². The van der Waals surface area contributed by atoms with E-state index in [0.717, 1.165) is 28.8 Å². The van der Waals surface area contributed by atoms with Crippen molar-refractivity contribution in [3.05, 3.63) is 30.0 Å². The van der Waals surface area contributed by atoms with Crippen molar-refractivity contribution < 1.29 is 9.47 Å². The molecule has 1 N–H and O–H groups in total. The maximum absolute atomic E-state index is 5.25. The molecule has 0 spiro atoms. The number of aromatic nitrogens is 2. The van der Waals surface area contributed by atoms with E-state index in [-0.39, 0.29) is 0 Å². The molecular weight excluding hydrogens is 312 g/mol. The Labute approximate surface area is 140 Å². The third-order valence-corrected chi connectivity index (χ3v) is 3.57. The summed E-state index contributed by atoms with van der Waals surface area (Å²) >= 11 is 1.50. The molecule has 0 bridgehead atoms. The number of hydrogen-bond donors (Lipinski definition) is 1. The Bertz CT molecular complexity index is 670. The Balaban J connectivity index is 2.32. The smallest absolute Gasteiger partial charge is 0.189 e. The fraction of sp³-hybridized carbons (Fsp3) is 0.312. The highest BCUT2D eigenvalue weighted by Gasteiger charge is 2.05. The van der Waals surface area contributed by atoms with E-state index in [1.165, 1.54) is 11.8 Å². The molecule has 23 heavy (non-hydrogen) atoms. The van der Waals surface area contributed by atoms with Crippen LogP contribution in [-0.2, 0) is 0 Å². The van der Waals surface area contributed by atoms with Gasteiger partial charge in [-0.05, 0) is 13.2 Å². The molecule has 2 rings (SSSR count). The molecule has 1 aromatic carbocycles. The first-order valence-corrected chi connectivity index (χ1v) is 8.34. The number of ether oxygens (including phenoxy) is 2. The van der Waals surface area contributed by atoms with Gasteiger partial charge in [0.25, 0.3) is 0 Å². The van der Waals surface area contributed by atoms with E-state index in [0.29, 0.717) is 11.5 Å². The van der Waals surface area contributed by atoms with E-state index in [1.807, 2.05) is 25.3 Å². The van der Waals surface area contributed by atoms with E-state index in [4.69, 9.17) is 9.47 Å². The molecule has 0 unspecified atom stereocenters. The van der Waals surface area contributed by atoms with Gasteiger partial charge in [0.2, 0.25) is 0 Å². The summed E-state index contributed by atoms with van der Waals surface area (Å²) in [5.41, 5.74) is 1.56. The molecule has 6 nitrogen and oxygen atoms in total. The first-order valence-electron chi connectivity index (χ1n) is 7.12. The number of benzene rings is 1. The van der Waals surface area contributed by atoms with Gasteiger partial charge in [0, 0.05) is 37.2 Å². The van der Waals surface area contributed by atoms with Crippen molar-refractivity contribution in [2.45, 2.75) is 12.1 Å². The van der Waals surface area contributed by atoms with E-state index in [9.17, 15) is 0 Å². The molecule has 0 amide bonds. The van der Waals surface area contributed by atoms with Crippen LogP contribution in [0, 0.1) is 0 Å². The molecule has 0 aliphatic carbocycles. The minimum atomic E-state index is 0.692. The van der Waals surface area contributed by atoms with E-state index < -0.39 is 0 Å². The first-order chi connectivity index (χ1) is 11.2. The summed E-state index contributed by atoms with van der Waals surface area (Å²) in [6.45, 7) is 2.80. The van der Waals surface area contributed by atoms with Crippen LogP contribution in [0.15, 0.2) is 34.5 Å². The van der Waals surface area contributed by atoms with Crippen LogP contribution < -0.4 is 14.8 Å². The highest BCUT2D eigenvalue weighted by Crippen LogP contribution is 2.27. The quantitative estimate of drug-likeness (QED) is 0.476. The fourth-order valence-electron chi connectivity index (χ4n) is 1.89. The molecule has 1 aromatic heterocycles. The topological polar surface area (TPSA) is 68.6 Å². The summed E-state index contributed by atoms with van der Waals surface area (Å²) in [5, 5.41) is 3.95. The molecule has 0 radical (unpaired) electrons.